The van der Waals surface area contributed by atoms with E-state index in [1.807, 2.05) is 0 Å². The largest absolute Gasteiger partial charge is 0.480 e. The van der Waals surface area contributed by atoms with Crippen LogP contribution in [-0.4, -0.2) is 55.1 Å². The summed E-state index contributed by atoms with van der Waals surface area (Å²) in [6, 6.07) is -0.249. The minimum Gasteiger partial charge on any atom is -0.480 e. The van der Waals surface area contributed by atoms with Crippen molar-refractivity contribution in [2.75, 3.05) is 27.2 Å². The number of urea groups is 1. The molecule has 3 N–H and O–H groups in total. The maximum Gasteiger partial charge on any atom is 0.319 e. The molecular formula is C11H19N3O4. The van der Waals surface area contributed by atoms with Crippen molar-refractivity contribution >= 4 is 17.9 Å². The molecule has 0 atom stereocenters. The second-order valence-corrected chi connectivity index (χ2v) is 4.62. The average Bonchev–Trinajstić information content (AvgIpc) is 2.21. The summed E-state index contributed by atoms with van der Waals surface area (Å²) in [7, 11) is 3.23. The fourth-order valence-electron chi connectivity index (χ4n) is 1.74. The van der Waals surface area contributed by atoms with Crippen molar-refractivity contribution in [2.45, 2.75) is 19.3 Å². The zero-order valence-corrected chi connectivity index (χ0v) is 10.7. The fraction of sp³-hybridized carbons (Fsp3) is 0.727. The van der Waals surface area contributed by atoms with Crippen LogP contribution >= 0.6 is 0 Å². The van der Waals surface area contributed by atoms with Gasteiger partial charge in [0.2, 0.25) is 5.91 Å². The number of hydrogen-bond donors (Lipinski definition) is 3. The number of carbonyl (C=O) groups is 3. The molecule has 102 valence electrons. The molecule has 0 spiro atoms. The van der Waals surface area contributed by atoms with Gasteiger partial charge in [0.25, 0.3) is 0 Å². The Hall–Kier alpha value is -1.79. The van der Waals surface area contributed by atoms with Gasteiger partial charge in [-0.15, -0.1) is 0 Å². The average molecular weight is 257 g/mol. The van der Waals surface area contributed by atoms with Crippen LogP contribution < -0.4 is 10.6 Å². The van der Waals surface area contributed by atoms with Crippen LogP contribution in [0.5, 0.6) is 0 Å². The van der Waals surface area contributed by atoms with E-state index in [1.54, 1.807) is 14.1 Å². The molecule has 0 unspecified atom stereocenters. The van der Waals surface area contributed by atoms with E-state index in [0.29, 0.717) is 12.8 Å². The first-order chi connectivity index (χ1) is 8.40. The molecule has 1 rings (SSSR count). The van der Waals surface area contributed by atoms with E-state index in [0.717, 1.165) is 6.42 Å². The van der Waals surface area contributed by atoms with Crippen molar-refractivity contribution in [3.63, 3.8) is 0 Å². The number of carboxylic acid groups (broad SMARTS) is 1. The highest BCUT2D eigenvalue weighted by molar-refractivity contribution is 6.02. The van der Waals surface area contributed by atoms with E-state index < -0.39 is 17.3 Å². The minimum absolute atomic E-state index is 0.230. The predicted octanol–water partition coefficient (Wildman–Crippen LogP) is -0.371. The Balaban J connectivity index is 2.29. The summed E-state index contributed by atoms with van der Waals surface area (Å²) < 4.78 is 0. The first-order valence-electron chi connectivity index (χ1n) is 5.87. The number of nitrogens with zero attached hydrogens (tertiary/aromatic N) is 1. The Labute approximate surface area is 106 Å². The van der Waals surface area contributed by atoms with Crippen molar-refractivity contribution in [1.29, 1.82) is 0 Å². The molecule has 1 saturated carbocycles. The molecule has 1 fully saturated rings. The van der Waals surface area contributed by atoms with Gasteiger partial charge in [0, 0.05) is 27.2 Å². The van der Waals surface area contributed by atoms with Gasteiger partial charge in [-0.1, -0.05) is 6.42 Å². The maximum absolute atomic E-state index is 11.8. The molecule has 0 radical (unpaired) electrons. The standard InChI is InChI=1S/C11H19N3O4/c1-14(2)10(18)13-7-6-12-8(15)11(9(16)17)4-3-5-11/h3-7H2,1-2H3,(H,12,15)(H,13,18)(H,16,17). The smallest absolute Gasteiger partial charge is 0.319 e. The molecule has 0 bridgehead atoms. The molecule has 3 amide bonds. The molecule has 0 aromatic heterocycles. The number of rotatable bonds is 5. The van der Waals surface area contributed by atoms with E-state index in [9.17, 15) is 14.4 Å². The van der Waals surface area contributed by atoms with Crippen LogP contribution in [-0.2, 0) is 9.59 Å². The summed E-state index contributed by atoms with van der Waals surface area (Å²) in [5.41, 5.74) is -1.24. The lowest BCUT2D eigenvalue weighted by molar-refractivity contribution is -0.162. The summed E-state index contributed by atoms with van der Waals surface area (Å²) in [6.45, 7) is 0.506. The molecule has 0 saturated heterocycles. The van der Waals surface area contributed by atoms with Crippen LogP contribution in [0.3, 0.4) is 0 Å². The Morgan fingerprint density at radius 2 is 1.72 bits per heavy atom. The Bertz CT molecular complexity index is 350. The molecule has 0 aromatic rings. The van der Waals surface area contributed by atoms with Gasteiger partial charge in [-0.3, -0.25) is 9.59 Å². The third kappa shape index (κ3) is 2.91. The fourth-order valence-corrected chi connectivity index (χ4v) is 1.74. The molecule has 1 aliphatic rings. The molecule has 18 heavy (non-hydrogen) atoms. The molecule has 0 heterocycles. The third-order valence-corrected chi connectivity index (χ3v) is 3.14. The second-order valence-electron chi connectivity index (χ2n) is 4.62. The van der Waals surface area contributed by atoms with Gasteiger partial charge < -0.3 is 20.6 Å². The maximum atomic E-state index is 11.8. The number of amides is 3. The SMILES string of the molecule is CN(C)C(=O)NCCNC(=O)C1(C(=O)O)CCC1. The highest BCUT2D eigenvalue weighted by atomic mass is 16.4. The van der Waals surface area contributed by atoms with E-state index in [2.05, 4.69) is 10.6 Å². The molecule has 0 aliphatic heterocycles. The van der Waals surface area contributed by atoms with Gasteiger partial charge in [-0.25, -0.2) is 4.79 Å². The number of carboxylic acids is 1. The highest BCUT2D eigenvalue weighted by Crippen LogP contribution is 2.41. The molecule has 7 nitrogen and oxygen atoms in total. The van der Waals surface area contributed by atoms with E-state index >= 15 is 0 Å². The summed E-state index contributed by atoms with van der Waals surface area (Å²) in [5, 5.41) is 14.2. The normalized spacial score (nSPS) is 16.3. The number of hydrogen-bond acceptors (Lipinski definition) is 3. The predicted molar refractivity (Wildman–Crippen MR) is 64.0 cm³/mol. The summed E-state index contributed by atoms with van der Waals surface area (Å²) in [6.07, 6.45) is 1.54. The Kier molecular flexibility index (Phi) is 4.52. The first-order valence-corrected chi connectivity index (χ1v) is 5.87. The Morgan fingerprint density at radius 1 is 1.17 bits per heavy atom. The topological polar surface area (TPSA) is 98.7 Å². The summed E-state index contributed by atoms with van der Waals surface area (Å²) >= 11 is 0. The number of aliphatic carboxylic acids is 1. The van der Waals surface area contributed by atoms with Gasteiger partial charge in [0.05, 0.1) is 0 Å². The van der Waals surface area contributed by atoms with E-state index in [1.165, 1.54) is 4.90 Å². The van der Waals surface area contributed by atoms with Crippen LogP contribution in [0.2, 0.25) is 0 Å². The molecule has 1 aliphatic carbocycles. The molecule has 0 aromatic carbocycles. The minimum atomic E-state index is -1.24. The number of carbonyl (C=O) groups excluding carboxylic acids is 2. The van der Waals surface area contributed by atoms with Gasteiger partial charge in [0.15, 0.2) is 0 Å². The van der Waals surface area contributed by atoms with Crippen molar-refractivity contribution in [1.82, 2.24) is 15.5 Å². The first kappa shape index (κ1) is 14.3. The third-order valence-electron chi connectivity index (χ3n) is 3.14. The van der Waals surface area contributed by atoms with Crippen LogP contribution in [0.15, 0.2) is 0 Å². The zero-order chi connectivity index (χ0) is 13.8. The Morgan fingerprint density at radius 3 is 2.11 bits per heavy atom. The molecule has 7 heteroatoms. The highest BCUT2D eigenvalue weighted by Gasteiger charge is 2.50. The monoisotopic (exact) mass is 257 g/mol. The lowest BCUT2D eigenvalue weighted by Gasteiger charge is -2.35. The van der Waals surface area contributed by atoms with Crippen LogP contribution in [0, 0.1) is 5.41 Å². The second kappa shape index (κ2) is 5.70. The lowest BCUT2D eigenvalue weighted by Crippen LogP contribution is -2.52. The van der Waals surface area contributed by atoms with Crippen LogP contribution in [0.4, 0.5) is 4.79 Å². The van der Waals surface area contributed by atoms with Gasteiger partial charge >= 0.3 is 12.0 Å². The van der Waals surface area contributed by atoms with Crippen molar-refractivity contribution in [3.8, 4) is 0 Å². The van der Waals surface area contributed by atoms with Gasteiger partial charge in [-0.05, 0) is 12.8 Å². The molecular weight excluding hydrogens is 238 g/mol. The van der Waals surface area contributed by atoms with Gasteiger partial charge in [0.1, 0.15) is 5.41 Å². The van der Waals surface area contributed by atoms with Crippen molar-refractivity contribution in [3.05, 3.63) is 0 Å². The van der Waals surface area contributed by atoms with Gasteiger partial charge in [-0.2, -0.15) is 0 Å². The quantitative estimate of drug-likeness (QED) is 0.462. The zero-order valence-electron chi connectivity index (χ0n) is 10.7. The van der Waals surface area contributed by atoms with Crippen molar-refractivity contribution in [2.24, 2.45) is 5.41 Å². The summed E-state index contributed by atoms with van der Waals surface area (Å²) in [5.74, 6) is -1.52. The van der Waals surface area contributed by atoms with E-state index in [-0.39, 0.29) is 19.1 Å². The lowest BCUT2D eigenvalue weighted by atomic mass is 9.68. The van der Waals surface area contributed by atoms with E-state index in [4.69, 9.17) is 5.11 Å². The van der Waals surface area contributed by atoms with Crippen LogP contribution in [0.1, 0.15) is 19.3 Å². The summed E-state index contributed by atoms with van der Waals surface area (Å²) in [4.78, 5) is 35.3. The van der Waals surface area contributed by atoms with Crippen molar-refractivity contribution < 1.29 is 19.5 Å². The van der Waals surface area contributed by atoms with Crippen LogP contribution in [0.25, 0.3) is 0 Å². The number of nitrogens with one attached hydrogen (secondary N) is 2.